The summed E-state index contributed by atoms with van der Waals surface area (Å²) in [5.41, 5.74) is 1.32. The molecule has 0 aliphatic heterocycles. The second-order valence-electron chi connectivity index (χ2n) is 5.33. The zero-order valence-corrected chi connectivity index (χ0v) is 15.6. The lowest BCUT2D eigenvalue weighted by Gasteiger charge is -2.11. The monoisotopic (exact) mass is 356 g/mol. The highest BCUT2D eigenvalue weighted by Gasteiger charge is 2.10. The third-order valence-electron chi connectivity index (χ3n) is 3.68. The van der Waals surface area contributed by atoms with Crippen LogP contribution < -0.4 is 18.9 Å². The SMILES string of the molecule is CCOc1ccc(C(=O)/C=C/c2ccc(OC)cc2OC)cc1OCC. The van der Waals surface area contributed by atoms with Gasteiger partial charge in [0, 0.05) is 17.2 Å². The van der Waals surface area contributed by atoms with E-state index in [-0.39, 0.29) is 5.78 Å². The Morgan fingerprint density at radius 2 is 1.62 bits per heavy atom. The second kappa shape index (κ2) is 9.51. The highest BCUT2D eigenvalue weighted by atomic mass is 16.5. The fourth-order valence-corrected chi connectivity index (χ4v) is 2.42. The second-order valence-corrected chi connectivity index (χ2v) is 5.33. The van der Waals surface area contributed by atoms with E-state index in [0.717, 1.165) is 5.56 Å². The Hall–Kier alpha value is -2.95. The molecule has 2 aromatic rings. The summed E-state index contributed by atoms with van der Waals surface area (Å²) in [5.74, 6) is 2.39. The van der Waals surface area contributed by atoms with E-state index in [1.807, 2.05) is 26.0 Å². The van der Waals surface area contributed by atoms with Gasteiger partial charge in [0.05, 0.1) is 27.4 Å². The molecule has 0 saturated heterocycles. The first kappa shape index (κ1) is 19.4. The van der Waals surface area contributed by atoms with Gasteiger partial charge in [0.1, 0.15) is 11.5 Å². The molecule has 0 saturated carbocycles. The molecular formula is C21H24O5. The summed E-state index contributed by atoms with van der Waals surface area (Å²) >= 11 is 0. The molecule has 26 heavy (non-hydrogen) atoms. The number of hydrogen-bond acceptors (Lipinski definition) is 5. The normalized spacial score (nSPS) is 10.6. The highest BCUT2D eigenvalue weighted by molar-refractivity contribution is 6.07. The summed E-state index contributed by atoms with van der Waals surface area (Å²) in [4.78, 5) is 12.5. The van der Waals surface area contributed by atoms with Gasteiger partial charge in [0.2, 0.25) is 0 Å². The van der Waals surface area contributed by atoms with Crippen molar-refractivity contribution < 1.29 is 23.7 Å². The van der Waals surface area contributed by atoms with Crippen molar-refractivity contribution in [2.45, 2.75) is 13.8 Å². The van der Waals surface area contributed by atoms with Crippen LogP contribution in [0.3, 0.4) is 0 Å². The maximum absolute atomic E-state index is 12.5. The lowest BCUT2D eigenvalue weighted by Crippen LogP contribution is -2.01. The molecule has 0 N–H and O–H groups in total. The minimum Gasteiger partial charge on any atom is -0.497 e. The maximum Gasteiger partial charge on any atom is 0.185 e. The van der Waals surface area contributed by atoms with E-state index in [1.54, 1.807) is 44.6 Å². The van der Waals surface area contributed by atoms with Gasteiger partial charge in [0.25, 0.3) is 0 Å². The van der Waals surface area contributed by atoms with Crippen molar-refractivity contribution in [3.63, 3.8) is 0 Å². The van der Waals surface area contributed by atoms with Crippen LogP contribution in [0.1, 0.15) is 29.8 Å². The van der Waals surface area contributed by atoms with Crippen molar-refractivity contribution in [1.82, 2.24) is 0 Å². The van der Waals surface area contributed by atoms with E-state index >= 15 is 0 Å². The first-order chi connectivity index (χ1) is 12.6. The van der Waals surface area contributed by atoms with E-state index in [4.69, 9.17) is 18.9 Å². The molecule has 0 fully saturated rings. The quantitative estimate of drug-likeness (QED) is 0.492. The number of carbonyl (C=O) groups excluding carboxylic acids is 1. The Balaban J connectivity index is 2.24. The van der Waals surface area contributed by atoms with E-state index in [1.165, 1.54) is 6.08 Å². The third kappa shape index (κ3) is 4.79. The Morgan fingerprint density at radius 1 is 0.885 bits per heavy atom. The van der Waals surface area contributed by atoms with Gasteiger partial charge in [-0.25, -0.2) is 0 Å². The molecule has 0 heterocycles. The minimum absolute atomic E-state index is 0.133. The van der Waals surface area contributed by atoms with Gasteiger partial charge in [-0.1, -0.05) is 0 Å². The first-order valence-corrected chi connectivity index (χ1v) is 8.47. The van der Waals surface area contributed by atoms with Gasteiger partial charge >= 0.3 is 0 Å². The van der Waals surface area contributed by atoms with Crippen LogP contribution >= 0.6 is 0 Å². The predicted octanol–water partition coefficient (Wildman–Crippen LogP) is 4.40. The average Bonchev–Trinajstić information content (AvgIpc) is 2.67. The molecule has 0 radical (unpaired) electrons. The largest absolute Gasteiger partial charge is 0.497 e. The van der Waals surface area contributed by atoms with Gasteiger partial charge in [-0.15, -0.1) is 0 Å². The molecule has 5 heteroatoms. The number of benzene rings is 2. The Morgan fingerprint density at radius 3 is 2.27 bits per heavy atom. The fourth-order valence-electron chi connectivity index (χ4n) is 2.42. The average molecular weight is 356 g/mol. The minimum atomic E-state index is -0.133. The Labute approximate surface area is 154 Å². The Kier molecular flexibility index (Phi) is 7.09. The van der Waals surface area contributed by atoms with Gasteiger partial charge in [0.15, 0.2) is 17.3 Å². The van der Waals surface area contributed by atoms with Crippen LogP contribution in [0.4, 0.5) is 0 Å². The summed E-state index contributed by atoms with van der Waals surface area (Å²) < 4.78 is 21.6. The van der Waals surface area contributed by atoms with Crippen LogP contribution in [0.2, 0.25) is 0 Å². The zero-order chi connectivity index (χ0) is 18.9. The van der Waals surface area contributed by atoms with Crippen molar-refractivity contribution in [2.24, 2.45) is 0 Å². The molecule has 0 atom stereocenters. The molecular weight excluding hydrogens is 332 g/mol. The fraction of sp³-hybridized carbons (Fsp3) is 0.286. The summed E-state index contributed by atoms with van der Waals surface area (Å²) in [6.45, 7) is 4.82. The van der Waals surface area contributed by atoms with E-state index in [0.29, 0.717) is 41.8 Å². The summed E-state index contributed by atoms with van der Waals surface area (Å²) in [5, 5.41) is 0. The van der Waals surface area contributed by atoms with E-state index < -0.39 is 0 Å². The number of carbonyl (C=O) groups is 1. The molecule has 138 valence electrons. The van der Waals surface area contributed by atoms with Crippen LogP contribution in [0, 0.1) is 0 Å². The number of ketones is 1. The van der Waals surface area contributed by atoms with Gasteiger partial charge in [-0.3, -0.25) is 4.79 Å². The molecule has 2 aromatic carbocycles. The van der Waals surface area contributed by atoms with Gasteiger partial charge in [-0.05, 0) is 56.3 Å². The molecule has 0 aliphatic carbocycles. The van der Waals surface area contributed by atoms with Crippen molar-refractivity contribution in [2.75, 3.05) is 27.4 Å². The Bertz CT molecular complexity index is 780. The molecule has 5 nitrogen and oxygen atoms in total. The molecule has 0 aliphatic rings. The van der Waals surface area contributed by atoms with Crippen molar-refractivity contribution >= 4 is 11.9 Å². The standard InChI is InChI=1S/C21H24O5/c1-5-25-19-12-9-16(13-21(19)26-6-2)18(22)11-8-15-7-10-17(23-3)14-20(15)24-4/h7-14H,5-6H2,1-4H3/b11-8+. The lowest BCUT2D eigenvalue weighted by molar-refractivity contribution is 0.104. The van der Waals surface area contributed by atoms with E-state index in [9.17, 15) is 4.79 Å². The van der Waals surface area contributed by atoms with Crippen molar-refractivity contribution in [3.05, 3.63) is 53.6 Å². The van der Waals surface area contributed by atoms with Crippen molar-refractivity contribution in [1.29, 1.82) is 0 Å². The molecule has 0 spiro atoms. The van der Waals surface area contributed by atoms with Crippen molar-refractivity contribution in [3.8, 4) is 23.0 Å². The summed E-state index contributed by atoms with van der Waals surface area (Å²) in [6.07, 6.45) is 3.23. The first-order valence-electron chi connectivity index (χ1n) is 8.47. The molecule has 0 aromatic heterocycles. The lowest BCUT2D eigenvalue weighted by atomic mass is 10.1. The number of methoxy groups -OCH3 is 2. The maximum atomic E-state index is 12.5. The van der Waals surface area contributed by atoms with Crippen LogP contribution in [0.15, 0.2) is 42.5 Å². The molecule has 0 amide bonds. The van der Waals surface area contributed by atoms with Crippen LogP contribution in [0.5, 0.6) is 23.0 Å². The van der Waals surface area contributed by atoms with Gasteiger partial charge < -0.3 is 18.9 Å². The number of ether oxygens (including phenoxy) is 4. The molecule has 0 bridgehead atoms. The zero-order valence-electron chi connectivity index (χ0n) is 15.6. The number of hydrogen-bond donors (Lipinski definition) is 0. The smallest absolute Gasteiger partial charge is 0.185 e. The van der Waals surface area contributed by atoms with Crippen LogP contribution in [0.25, 0.3) is 6.08 Å². The van der Waals surface area contributed by atoms with Crippen LogP contribution in [-0.2, 0) is 0 Å². The van der Waals surface area contributed by atoms with E-state index in [2.05, 4.69) is 0 Å². The predicted molar refractivity (Wildman–Crippen MR) is 102 cm³/mol. The van der Waals surface area contributed by atoms with Gasteiger partial charge in [-0.2, -0.15) is 0 Å². The van der Waals surface area contributed by atoms with Crippen LogP contribution in [-0.4, -0.2) is 33.2 Å². The number of rotatable bonds is 9. The third-order valence-corrected chi connectivity index (χ3v) is 3.68. The molecule has 0 unspecified atom stereocenters. The molecule has 2 rings (SSSR count). The highest BCUT2D eigenvalue weighted by Crippen LogP contribution is 2.29. The summed E-state index contributed by atoms with van der Waals surface area (Å²) in [6, 6.07) is 10.6. The summed E-state index contributed by atoms with van der Waals surface area (Å²) in [7, 11) is 3.17. The number of allylic oxidation sites excluding steroid dienone is 1. The topological polar surface area (TPSA) is 54.0 Å².